The molecule has 2 heterocycles. The third kappa shape index (κ3) is 4.60. The van der Waals surface area contributed by atoms with Crippen LogP contribution in [0.4, 0.5) is 5.69 Å². The maximum atomic E-state index is 12.7. The highest BCUT2D eigenvalue weighted by molar-refractivity contribution is 7.99. The number of carbonyl (C=O) groups is 1. The number of hydrogen-bond donors (Lipinski definition) is 2. The maximum Gasteiger partial charge on any atom is 0.243 e. The molecule has 0 atom stereocenters. The number of fused-ring (bicyclic) bond motifs is 1. The number of nitrogens with zero attached hydrogens (tertiary/aromatic N) is 2. The van der Waals surface area contributed by atoms with Gasteiger partial charge in [0.25, 0.3) is 0 Å². The van der Waals surface area contributed by atoms with Gasteiger partial charge in [0.05, 0.1) is 32.4 Å². The molecule has 1 aliphatic heterocycles. The molecule has 1 aliphatic rings. The quantitative estimate of drug-likeness (QED) is 0.506. The van der Waals surface area contributed by atoms with Crippen LogP contribution in [0.3, 0.4) is 0 Å². The van der Waals surface area contributed by atoms with Crippen LogP contribution in [-0.2, 0) is 14.8 Å². The second kappa shape index (κ2) is 8.76. The standard InChI is InChI=1S/C19H18Cl2N4O3S2/c20-12-3-6-15-17(9-12)24-19(23-15)29-11-18(26)22-16-10-13(4-5-14(16)21)30(27,28)25-7-1-2-8-25/h3-6,9-10H,1-2,7-8,11H2,(H,22,26)(H,23,24). The van der Waals surface area contributed by atoms with E-state index in [2.05, 4.69) is 15.3 Å². The minimum absolute atomic E-state index is 0.0764. The summed E-state index contributed by atoms with van der Waals surface area (Å²) in [5, 5.41) is 4.14. The summed E-state index contributed by atoms with van der Waals surface area (Å²) in [6, 6.07) is 9.65. The largest absolute Gasteiger partial charge is 0.333 e. The fourth-order valence-corrected chi connectivity index (χ4v) is 5.75. The van der Waals surface area contributed by atoms with Crippen molar-refractivity contribution in [2.75, 3.05) is 24.2 Å². The lowest BCUT2D eigenvalue weighted by Crippen LogP contribution is -2.28. The van der Waals surface area contributed by atoms with Crippen molar-refractivity contribution in [3.8, 4) is 0 Å². The first-order chi connectivity index (χ1) is 14.3. The van der Waals surface area contributed by atoms with Crippen LogP contribution in [0.25, 0.3) is 11.0 Å². The third-order valence-electron chi connectivity index (χ3n) is 4.68. The third-order valence-corrected chi connectivity index (χ3v) is 8.01. The van der Waals surface area contributed by atoms with Crippen LogP contribution >= 0.6 is 35.0 Å². The van der Waals surface area contributed by atoms with E-state index in [9.17, 15) is 13.2 Å². The Morgan fingerprint density at radius 1 is 1.17 bits per heavy atom. The first-order valence-electron chi connectivity index (χ1n) is 9.20. The molecular weight excluding hydrogens is 467 g/mol. The molecule has 7 nitrogen and oxygen atoms in total. The van der Waals surface area contributed by atoms with Gasteiger partial charge in [0.2, 0.25) is 15.9 Å². The summed E-state index contributed by atoms with van der Waals surface area (Å²) in [7, 11) is -3.59. The van der Waals surface area contributed by atoms with Crippen molar-refractivity contribution in [2.45, 2.75) is 22.9 Å². The van der Waals surface area contributed by atoms with Crippen LogP contribution < -0.4 is 5.32 Å². The van der Waals surface area contributed by atoms with Gasteiger partial charge in [-0.2, -0.15) is 4.31 Å². The summed E-state index contributed by atoms with van der Waals surface area (Å²) in [6.07, 6.45) is 1.70. The predicted molar refractivity (Wildman–Crippen MR) is 120 cm³/mol. The van der Waals surface area contributed by atoms with E-state index >= 15 is 0 Å². The highest BCUT2D eigenvalue weighted by Crippen LogP contribution is 2.29. The first kappa shape index (κ1) is 21.5. The molecule has 158 valence electrons. The van der Waals surface area contributed by atoms with Crippen LogP contribution in [-0.4, -0.2) is 47.4 Å². The summed E-state index contributed by atoms with van der Waals surface area (Å²) in [4.78, 5) is 20.0. The first-order valence-corrected chi connectivity index (χ1v) is 12.4. The second-order valence-corrected chi connectivity index (χ2v) is 10.5. The Bertz CT molecular complexity index is 1210. The number of thioether (sulfide) groups is 1. The predicted octanol–water partition coefficient (Wildman–Crippen LogP) is 4.39. The average Bonchev–Trinajstić information content (AvgIpc) is 3.37. The van der Waals surface area contributed by atoms with Crippen molar-refractivity contribution in [3.63, 3.8) is 0 Å². The van der Waals surface area contributed by atoms with E-state index in [1.54, 1.807) is 18.2 Å². The number of imidazole rings is 1. The summed E-state index contributed by atoms with van der Waals surface area (Å²) in [5.74, 6) is -0.247. The van der Waals surface area contributed by atoms with Gasteiger partial charge >= 0.3 is 0 Å². The highest BCUT2D eigenvalue weighted by Gasteiger charge is 2.27. The zero-order valence-electron chi connectivity index (χ0n) is 15.7. The summed E-state index contributed by atoms with van der Waals surface area (Å²) >= 11 is 13.4. The lowest BCUT2D eigenvalue weighted by atomic mass is 10.3. The monoisotopic (exact) mass is 484 g/mol. The Balaban J connectivity index is 1.44. The van der Waals surface area contributed by atoms with Crippen molar-refractivity contribution in [2.24, 2.45) is 0 Å². The molecule has 11 heteroatoms. The highest BCUT2D eigenvalue weighted by atomic mass is 35.5. The SMILES string of the molecule is O=C(CSc1nc2ccc(Cl)cc2[nH]1)Nc1cc(S(=O)(=O)N2CCCC2)ccc1Cl. The average molecular weight is 485 g/mol. The molecule has 1 aromatic heterocycles. The van der Waals surface area contributed by atoms with E-state index in [4.69, 9.17) is 23.2 Å². The molecule has 3 aromatic rings. The second-order valence-electron chi connectivity index (χ2n) is 6.79. The number of benzene rings is 2. The van der Waals surface area contributed by atoms with Crippen molar-refractivity contribution < 1.29 is 13.2 Å². The molecule has 0 aliphatic carbocycles. The number of H-pyrrole nitrogens is 1. The Labute approximate surface area is 188 Å². The molecule has 1 saturated heterocycles. The molecule has 0 spiro atoms. The van der Waals surface area contributed by atoms with Crippen LogP contribution in [0, 0.1) is 0 Å². The number of sulfonamides is 1. The Hall–Kier alpha value is -1.78. The Kier molecular flexibility index (Phi) is 6.26. The number of carbonyl (C=O) groups excluding carboxylic acids is 1. The van der Waals surface area contributed by atoms with E-state index in [1.165, 1.54) is 34.3 Å². The number of rotatable bonds is 6. The molecule has 1 amide bonds. The van der Waals surface area contributed by atoms with Gasteiger partial charge in [-0.3, -0.25) is 4.79 Å². The van der Waals surface area contributed by atoms with Crippen LogP contribution in [0.15, 0.2) is 46.5 Å². The Morgan fingerprint density at radius 2 is 1.93 bits per heavy atom. The van der Waals surface area contributed by atoms with Crippen molar-refractivity contribution >= 4 is 67.6 Å². The van der Waals surface area contributed by atoms with Crippen LogP contribution in [0.1, 0.15) is 12.8 Å². The normalized spacial score (nSPS) is 15.0. The van der Waals surface area contributed by atoms with E-state index in [1.807, 2.05) is 0 Å². The van der Waals surface area contributed by atoms with Crippen molar-refractivity contribution in [1.82, 2.24) is 14.3 Å². The molecule has 0 saturated carbocycles. The molecule has 2 N–H and O–H groups in total. The smallest absolute Gasteiger partial charge is 0.243 e. The molecule has 2 aromatic carbocycles. The summed E-state index contributed by atoms with van der Waals surface area (Å²) in [5.41, 5.74) is 1.80. The number of aromatic amines is 1. The molecule has 4 rings (SSSR count). The van der Waals surface area contributed by atoms with Gasteiger partial charge < -0.3 is 10.3 Å². The van der Waals surface area contributed by atoms with E-state index < -0.39 is 10.0 Å². The van der Waals surface area contributed by atoms with Gasteiger partial charge in [-0.15, -0.1) is 0 Å². The lowest BCUT2D eigenvalue weighted by Gasteiger charge is -2.16. The molecule has 1 fully saturated rings. The molecule has 0 radical (unpaired) electrons. The number of anilines is 1. The van der Waals surface area contributed by atoms with Gasteiger partial charge in [-0.05, 0) is 49.2 Å². The number of nitrogens with one attached hydrogen (secondary N) is 2. The van der Waals surface area contributed by atoms with Crippen molar-refractivity contribution in [3.05, 3.63) is 46.4 Å². The van der Waals surface area contributed by atoms with E-state index in [0.29, 0.717) is 23.3 Å². The number of amides is 1. The topological polar surface area (TPSA) is 95.2 Å². The zero-order chi connectivity index (χ0) is 21.3. The van der Waals surface area contributed by atoms with Crippen LogP contribution in [0.2, 0.25) is 10.0 Å². The minimum Gasteiger partial charge on any atom is -0.333 e. The molecule has 0 bridgehead atoms. The van der Waals surface area contributed by atoms with Crippen LogP contribution in [0.5, 0.6) is 0 Å². The lowest BCUT2D eigenvalue weighted by molar-refractivity contribution is -0.113. The Morgan fingerprint density at radius 3 is 2.70 bits per heavy atom. The van der Waals surface area contributed by atoms with Gasteiger partial charge in [0.1, 0.15) is 0 Å². The maximum absolute atomic E-state index is 12.7. The van der Waals surface area contributed by atoms with Gasteiger partial charge in [-0.25, -0.2) is 13.4 Å². The van der Waals surface area contributed by atoms with E-state index in [-0.39, 0.29) is 27.3 Å². The summed E-state index contributed by atoms with van der Waals surface area (Å²) < 4.78 is 26.9. The van der Waals surface area contributed by atoms with E-state index in [0.717, 1.165) is 23.9 Å². The minimum atomic E-state index is -3.59. The van der Waals surface area contributed by atoms with Gasteiger partial charge in [0.15, 0.2) is 5.16 Å². The fourth-order valence-electron chi connectivity index (χ4n) is 3.19. The van der Waals surface area contributed by atoms with Gasteiger partial charge in [0, 0.05) is 18.1 Å². The molecular formula is C19H18Cl2N4O3S2. The number of halogens is 2. The fraction of sp³-hybridized carbons (Fsp3) is 0.263. The number of hydrogen-bond acceptors (Lipinski definition) is 5. The van der Waals surface area contributed by atoms with Gasteiger partial charge in [-0.1, -0.05) is 35.0 Å². The molecule has 30 heavy (non-hydrogen) atoms. The summed E-state index contributed by atoms with van der Waals surface area (Å²) in [6.45, 7) is 1.01. The zero-order valence-corrected chi connectivity index (χ0v) is 18.8. The van der Waals surface area contributed by atoms with Crippen molar-refractivity contribution in [1.29, 1.82) is 0 Å². The molecule has 0 unspecified atom stereocenters. The number of aromatic nitrogens is 2.